The molecule has 0 bridgehead atoms. The van der Waals surface area contributed by atoms with E-state index < -0.39 is 6.10 Å². The molecule has 1 atom stereocenters. The van der Waals surface area contributed by atoms with E-state index in [4.69, 9.17) is 13.9 Å². The average Bonchev–Trinajstić information content (AvgIpc) is 3.03. The largest absolute Gasteiger partial charge is 0.478 e. The number of hydrogen-bond acceptors (Lipinski definition) is 7. The van der Waals surface area contributed by atoms with Gasteiger partial charge in [-0.1, -0.05) is 0 Å². The minimum atomic E-state index is -0.413. The molecule has 1 N–H and O–H groups in total. The molecule has 0 saturated carbocycles. The predicted octanol–water partition coefficient (Wildman–Crippen LogP) is 1.78. The third-order valence-electron chi connectivity index (χ3n) is 3.45. The van der Waals surface area contributed by atoms with E-state index in [9.17, 15) is 4.79 Å². The van der Waals surface area contributed by atoms with Crippen molar-refractivity contribution in [2.75, 3.05) is 31.6 Å². The van der Waals surface area contributed by atoms with Crippen LogP contribution in [0.15, 0.2) is 22.7 Å². The van der Waals surface area contributed by atoms with Crippen molar-refractivity contribution in [1.82, 2.24) is 20.1 Å². The molecule has 0 aliphatic carbocycles. The van der Waals surface area contributed by atoms with E-state index in [1.54, 1.807) is 30.2 Å². The molecular weight excluding hydrogens is 314 g/mol. The van der Waals surface area contributed by atoms with Crippen LogP contribution in [0.5, 0.6) is 5.88 Å². The first-order chi connectivity index (χ1) is 11.7. The molecule has 2 amide bonds. The Hall–Kier alpha value is -2.68. The number of amides is 2. The lowest BCUT2D eigenvalue weighted by atomic mass is 10.3. The van der Waals surface area contributed by atoms with Crippen molar-refractivity contribution in [3.05, 3.63) is 30.1 Å². The summed E-state index contributed by atoms with van der Waals surface area (Å²) in [7, 11) is 0. The Kier molecular flexibility index (Phi) is 4.90. The van der Waals surface area contributed by atoms with Gasteiger partial charge < -0.3 is 24.1 Å². The van der Waals surface area contributed by atoms with Crippen molar-refractivity contribution < 1.29 is 18.7 Å². The maximum atomic E-state index is 12.4. The van der Waals surface area contributed by atoms with E-state index in [0.29, 0.717) is 49.7 Å². The minimum Gasteiger partial charge on any atom is -0.478 e. The number of pyridine rings is 1. The summed E-state index contributed by atoms with van der Waals surface area (Å²) in [6.45, 7) is 5.38. The zero-order valence-electron chi connectivity index (χ0n) is 13.6. The molecule has 1 unspecified atom stereocenters. The standard InChI is InChI=1S/C15H19N5O4/c1-3-22-13-5-4-11(8-16-13)17-15(21)20-6-7-23-12(9-20)14-19-18-10(2)24-14/h4-5,8,12H,3,6-7,9H2,1-2H3,(H,17,21). The molecule has 1 aliphatic rings. The second-order valence-corrected chi connectivity index (χ2v) is 5.21. The summed E-state index contributed by atoms with van der Waals surface area (Å²) in [5.41, 5.74) is 0.597. The molecule has 1 aliphatic heterocycles. The second-order valence-electron chi connectivity index (χ2n) is 5.21. The van der Waals surface area contributed by atoms with E-state index in [0.717, 1.165) is 0 Å². The SMILES string of the molecule is CCOc1ccc(NC(=O)N2CCOC(c3nnc(C)o3)C2)cn1. The lowest BCUT2D eigenvalue weighted by Crippen LogP contribution is -2.44. The van der Waals surface area contributed by atoms with Crippen LogP contribution in [0, 0.1) is 6.92 Å². The summed E-state index contributed by atoms with van der Waals surface area (Å²) < 4.78 is 16.3. The van der Waals surface area contributed by atoms with Crippen LogP contribution in [0.3, 0.4) is 0 Å². The normalized spacial score (nSPS) is 17.6. The third-order valence-corrected chi connectivity index (χ3v) is 3.45. The molecule has 3 rings (SSSR count). The minimum absolute atomic E-state index is 0.231. The molecule has 0 radical (unpaired) electrons. The molecule has 0 aromatic carbocycles. The Bertz CT molecular complexity index is 687. The fourth-order valence-corrected chi connectivity index (χ4v) is 2.32. The number of nitrogens with zero attached hydrogens (tertiary/aromatic N) is 4. The second kappa shape index (κ2) is 7.26. The molecule has 0 spiro atoms. The van der Waals surface area contributed by atoms with Gasteiger partial charge in [0, 0.05) is 19.5 Å². The van der Waals surface area contributed by atoms with Crippen LogP contribution in [0.25, 0.3) is 0 Å². The third kappa shape index (κ3) is 3.80. The molecular formula is C15H19N5O4. The van der Waals surface area contributed by atoms with Gasteiger partial charge in [-0.3, -0.25) is 0 Å². The number of carbonyl (C=O) groups excluding carboxylic acids is 1. The van der Waals surface area contributed by atoms with Crippen molar-refractivity contribution >= 4 is 11.7 Å². The van der Waals surface area contributed by atoms with Gasteiger partial charge in [0.2, 0.25) is 17.7 Å². The molecule has 2 aromatic heterocycles. The van der Waals surface area contributed by atoms with Crippen molar-refractivity contribution in [3.63, 3.8) is 0 Å². The quantitative estimate of drug-likeness (QED) is 0.909. The van der Waals surface area contributed by atoms with Crippen LogP contribution >= 0.6 is 0 Å². The van der Waals surface area contributed by atoms with Gasteiger partial charge in [0.15, 0.2) is 6.10 Å². The van der Waals surface area contributed by atoms with Crippen LogP contribution in [-0.4, -0.2) is 52.4 Å². The van der Waals surface area contributed by atoms with Crippen LogP contribution < -0.4 is 10.1 Å². The summed E-state index contributed by atoms with van der Waals surface area (Å²) in [5.74, 6) is 1.37. The Morgan fingerprint density at radius 3 is 3.00 bits per heavy atom. The molecule has 1 saturated heterocycles. The molecule has 9 nitrogen and oxygen atoms in total. The van der Waals surface area contributed by atoms with Crippen molar-refractivity contribution in [2.45, 2.75) is 20.0 Å². The van der Waals surface area contributed by atoms with Gasteiger partial charge in [-0.2, -0.15) is 0 Å². The molecule has 24 heavy (non-hydrogen) atoms. The molecule has 2 aromatic rings. The first-order valence-electron chi connectivity index (χ1n) is 7.72. The first kappa shape index (κ1) is 16.2. The highest BCUT2D eigenvalue weighted by atomic mass is 16.5. The number of anilines is 1. The zero-order chi connectivity index (χ0) is 16.9. The lowest BCUT2D eigenvalue weighted by molar-refractivity contribution is -0.0274. The van der Waals surface area contributed by atoms with Gasteiger partial charge in [-0.25, -0.2) is 9.78 Å². The van der Waals surface area contributed by atoms with Gasteiger partial charge in [0.1, 0.15) is 0 Å². The van der Waals surface area contributed by atoms with E-state index in [1.165, 1.54) is 0 Å². The van der Waals surface area contributed by atoms with Crippen LogP contribution in [0.2, 0.25) is 0 Å². The number of rotatable bonds is 4. The lowest BCUT2D eigenvalue weighted by Gasteiger charge is -2.31. The smallest absolute Gasteiger partial charge is 0.322 e. The van der Waals surface area contributed by atoms with Crippen LogP contribution in [0.1, 0.15) is 24.8 Å². The fraction of sp³-hybridized carbons (Fsp3) is 0.467. The van der Waals surface area contributed by atoms with E-state index >= 15 is 0 Å². The van der Waals surface area contributed by atoms with Crippen LogP contribution in [-0.2, 0) is 4.74 Å². The number of urea groups is 1. The van der Waals surface area contributed by atoms with Crippen LogP contribution in [0.4, 0.5) is 10.5 Å². The highest BCUT2D eigenvalue weighted by Gasteiger charge is 2.29. The molecule has 128 valence electrons. The molecule has 1 fully saturated rings. The predicted molar refractivity (Wildman–Crippen MR) is 83.7 cm³/mol. The summed E-state index contributed by atoms with van der Waals surface area (Å²) in [5, 5.41) is 10.5. The highest BCUT2D eigenvalue weighted by molar-refractivity contribution is 5.89. The summed E-state index contributed by atoms with van der Waals surface area (Å²) in [4.78, 5) is 18.2. The Balaban J connectivity index is 1.59. The number of nitrogens with one attached hydrogen (secondary N) is 1. The number of aryl methyl sites for hydroxylation is 1. The maximum Gasteiger partial charge on any atom is 0.322 e. The van der Waals surface area contributed by atoms with Gasteiger partial charge in [-0.05, 0) is 13.0 Å². The Morgan fingerprint density at radius 2 is 2.33 bits per heavy atom. The summed E-state index contributed by atoms with van der Waals surface area (Å²) in [6, 6.07) is 3.22. The van der Waals surface area contributed by atoms with Gasteiger partial charge in [0.05, 0.1) is 31.6 Å². The highest BCUT2D eigenvalue weighted by Crippen LogP contribution is 2.21. The van der Waals surface area contributed by atoms with Gasteiger partial charge in [0.25, 0.3) is 0 Å². The van der Waals surface area contributed by atoms with Gasteiger partial charge in [-0.15, -0.1) is 10.2 Å². The van der Waals surface area contributed by atoms with E-state index in [2.05, 4.69) is 20.5 Å². The number of aromatic nitrogens is 3. The number of carbonyl (C=O) groups is 1. The maximum absolute atomic E-state index is 12.4. The van der Waals surface area contributed by atoms with Crippen molar-refractivity contribution in [3.8, 4) is 5.88 Å². The monoisotopic (exact) mass is 333 g/mol. The zero-order valence-corrected chi connectivity index (χ0v) is 13.6. The van der Waals surface area contributed by atoms with E-state index in [-0.39, 0.29) is 6.03 Å². The summed E-state index contributed by atoms with van der Waals surface area (Å²) >= 11 is 0. The van der Waals surface area contributed by atoms with Crippen molar-refractivity contribution in [1.29, 1.82) is 0 Å². The summed E-state index contributed by atoms with van der Waals surface area (Å²) in [6.07, 6.45) is 1.14. The first-order valence-corrected chi connectivity index (χ1v) is 7.72. The number of hydrogen-bond donors (Lipinski definition) is 1. The average molecular weight is 333 g/mol. The Labute approximate surface area is 139 Å². The molecule has 9 heteroatoms. The van der Waals surface area contributed by atoms with Gasteiger partial charge >= 0.3 is 6.03 Å². The van der Waals surface area contributed by atoms with Crippen molar-refractivity contribution in [2.24, 2.45) is 0 Å². The number of morpholine rings is 1. The fourth-order valence-electron chi connectivity index (χ4n) is 2.32. The number of ether oxygens (including phenoxy) is 2. The van der Waals surface area contributed by atoms with E-state index in [1.807, 2.05) is 6.92 Å². The Morgan fingerprint density at radius 1 is 1.46 bits per heavy atom. The topological polar surface area (TPSA) is 103 Å². The molecule has 3 heterocycles.